The zero-order valence-corrected chi connectivity index (χ0v) is 19.9. The smallest absolute Gasteiger partial charge is 0.307 e. The molecule has 0 bridgehead atoms. The predicted octanol–water partition coefficient (Wildman–Crippen LogP) is 6.38. The van der Waals surface area contributed by atoms with E-state index in [1.54, 1.807) is 0 Å². The Balaban J connectivity index is 1.76. The highest BCUT2D eigenvalue weighted by Gasteiger charge is 2.53. The second-order valence-corrected chi connectivity index (χ2v) is 9.59. The van der Waals surface area contributed by atoms with E-state index in [9.17, 15) is 19.8 Å². The van der Waals surface area contributed by atoms with Crippen molar-refractivity contribution in [3.8, 4) is 0 Å². The Morgan fingerprint density at radius 1 is 0.694 bits per heavy atom. The minimum Gasteiger partial charge on any atom is -0.481 e. The van der Waals surface area contributed by atoms with Gasteiger partial charge >= 0.3 is 11.9 Å². The average molecular weight is 477 g/mol. The Morgan fingerprint density at radius 3 is 1.67 bits per heavy atom. The molecule has 0 heterocycles. The largest absolute Gasteiger partial charge is 0.481 e. The second-order valence-electron chi connectivity index (χ2n) is 9.59. The van der Waals surface area contributed by atoms with E-state index >= 15 is 0 Å². The zero-order chi connectivity index (χ0) is 25.1. The first-order valence-electron chi connectivity index (χ1n) is 12.2. The molecule has 36 heavy (non-hydrogen) atoms. The number of hydrogen-bond donors (Lipinski definition) is 2. The van der Waals surface area contributed by atoms with Crippen molar-refractivity contribution in [3.63, 3.8) is 0 Å². The van der Waals surface area contributed by atoms with E-state index in [4.69, 9.17) is 0 Å². The Hall–Kier alpha value is -4.18. The van der Waals surface area contributed by atoms with Crippen LogP contribution in [0.4, 0.5) is 0 Å². The van der Waals surface area contributed by atoms with Gasteiger partial charge in [0.05, 0.1) is 11.8 Å². The topological polar surface area (TPSA) is 74.6 Å². The summed E-state index contributed by atoms with van der Waals surface area (Å²) in [5.74, 6) is -3.83. The van der Waals surface area contributed by atoms with Crippen molar-refractivity contribution in [3.05, 3.63) is 125 Å². The molecule has 0 radical (unpaired) electrons. The molecular formula is C32H28O4. The molecule has 1 aliphatic carbocycles. The summed E-state index contributed by atoms with van der Waals surface area (Å²) < 4.78 is 0. The van der Waals surface area contributed by atoms with Gasteiger partial charge in [0, 0.05) is 5.41 Å². The van der Waals surface area contributed by atoms with Gasteiger partial charge in [0.1, 0.15) is 0 Å². The van der Waals surface area contributed by atoms with Crippen LogP contribution in [0.1, 0.15) is 28.7 Å². The summed E-state index contributed by atoms with van der Waals surface area (Å²) in [5.41, 5.74) is 2.31. The van der Waals surface area contributed by atoms with Crippen LogP contribution in [0.2, 0.25) is 0 Å². The third kappa shape index (κ3) is 4.31. The van der Waals surface area contributed by atoms with Crippen molar-refractivity contribution in [1.29, 1.82) is 0 Å². The fourth-order valence-electron chi connectivity index (χ4n) is 5.87. The van der Waals surface area contributed by atoms with Crippen LogP contribution in [0.15, 0.2) is 103 Å². The highest BCUT2D eigenvalue weighted by molar-refractivity contribution is 5.89. The number of rotatable bonds is 8. The second kappa shape index (κ2) is 9.82. The molecule has 0 aromatic heterocycles. The number of aliphatic carboxylic acids is 2. The van der Waals surface area contributed by atoms with Gasteiger partial charge in [0.25, 0.3) is 0 Å². The minimum atomic E-state index is -1.14. The molecule has 0 saturated carbocycles. The van der Waals surface area contributed by atoms with Crippen LogP contribution in [-0.2, 0) is 27.8 Å². The Labute approximate surface area is 210 Å². The molecule has 2 unspecified atom stereocenters. The summed E-state index contributed by atoms with van der Waals surface area (Å²) in [7, 11) is 0. The van der Waals surface area contributed by atoms with E-state index in [1.807, 2.05) is 103 Å². The van der Waals surface area contributed by atoms with Crippen LogP contribution >= 0.6 is 0 Å². The van der Waals surface area contributed by atoms with Crippen LogP contribution in [0.5, 0.6) is 0 Å². The van der Waals surface area contributed by atoms with Gasteiger partial charge in [-0.1, -0.05) is 97.1 Å². The van der Waals surface area contributed by atoms with Crippen LogP contribution in [-0.4, -0.2) is 22.2 Å². The van der Waals surface area contributed by atoms with Crippen molar-refractivity contribution in [1.82, 2.24) is 0 Å². The molecule has 2 N–H and O–H groups in total. The lowest BCUT2D eigenvalue weighted by Gasteiger charge is -2.46. The van der Waals surface area contributed by atoms with Crippen LogP contribution in [0, 0.1) is 11.8 Å². The van der Waals surface area contributed by atoms with Gasteiger partial charge in [0.2, 0.25) is 0 Å². The van der Waals surface area contributed by atoms with Gasteiger partial charge < -0.3 is 10.2 Å². The van der Waals surface area contributed by atoms with Crippen molar-refractivity contribution >= 4 is 28.8 Å². The fourth-order valence-corrected chi connectivity index (χ4v) is 5.87. The molecule has 0 amide bonds. The SMILES string of the molecule is O=C(O)C(Cc1ccccc1)C1(C(Cc2ccccc2)C(=O)O)CC=Cc2cc3ccccc3cc21. The maximum atomic E-state index is 13.0. The summed E-state index contributed by atoms with van der Waals surface area (Å²) in [4.78, 5) is 26.1. The average Bonchev–Trinajstić information content (AvgIpc) is 2.90. The van der Waals surface area contributed by atoms with E-state index in [-0.39, 0.29) is 12.8 Å². The van der Waals surface area contributed by atoms with Crippen LogP contribution in [0.25, 0.3) is 16.8 Å². The summed E-state index contributed by atoms with van der Waals surface area (Å²) in [6.07, 6.45) is 4.79. The molecule has 1 aliphatic rings. The normalized spacial score (nSPS) is 18.3. The lowest BCUT2D eigenvalue weighted by Crippen LogP contribution is -2.51. The Kier molecular flexibility index (Phi) is 6.43. The standard InChI is InChI=1S/C32H28O4/c33-30(34)28(18-22-10-3-1-4-11-22)32(29(31(35)36)19-23-12-5-2-6-13-23)17-9-16-26-20-24-14-7-8-15-25(24)21-27(26)32/h1-16,20-21,28-29H,17-19H2,(H,33,34)(H,35,36). The predicted molar refractivity (Wildman–Crippen MR) is 142 cm³/mol. The van der Waals surface area contributed by atoms with Gasteiger partial charge in [-0.2, -0.15) is 0 Å². The number of hydrogen-bond acceptors (Lipinski definition) is 2. The number of carbonyl (C=O) groups is 2. The Bertz CT molecular complexity index is 1360. The molecule has 4 nitrogen and oxygen atoms in total. The van der Waals surface area contributed by atoms with E-state index in [2.05, 4.69) is 6.07 Å². The van der Waals surface area contributed by atoms with Crippen LogP contribution < -0.4 is 0 Å². The third-order valence-electron chi connectivity index (χ3n) is 7.58. The molecule has 0 saturated heterocycles. The number of fused-ring (bicyclic) bond motifs is 2. The molecule has 4 aromatic rings. The maximum Gasteiger partial charge on any atom is 0.307 e. The molecule has 2 atom stereocenters. The molecular weight excluding hydrogens is 448 g/mol. The molecule has 5 rings (SSSR count). The van der Waals surface area contributed by atoms with E-state index in [1.165, 1.54) is 0 Å². The first-order chi connectivity index (χ1) is 17.5. The third-order valence-corrected chi connectivity index (χ3v) is 7.58. The summed E-state index contributed by atoms with van der Waals surface area (Å²) in [6.45, 7) is 0. The molecule has 4 heteroatoms. The van der Waals surface area contributed by atoms with Gasteiger partial charge in [-0.3, -0.25) is 9.59 Å². The van der Waals surface area contributed by atoms with Crippen molar-refractivity contribution in [2.75, 3.05) is 0 Å². The van der Waals surface area contributed by atoms with Crippen molar-refractivity contribution in [2.45, 2.75) is 24.7 Å². The van der Waals surface area contributed by atoms with Crippen LogP contribution in [0.3, 0.4) is 0 Å². The molecule has 0 spiro atoms. The van der Waals surface area contributed by atoms with E-state index in [0.717, 1.165) is 33.0 Å². The molecule has 180 valence electrons. The van der Waals surface area contributed by atoms with Crippen molar-refractivity contribution < 1.29 is 19.8 Å². The van der Waals surface area contributed by atoms with Gasteiger partial charge in [-0.25, -0.2) is 0 Å². The number of carboxylic acid groups (broad SMARTS) is 2. The van der Waals surface area contributed by atoms with Gasteiger partial charge in [0.15, 0.2) is 0 Å². The lowest BCUT2D eigenvalue weighted by atomic mass is 9.55. The highest BCUT2D eigenvalue weighted by Crippen LogP contribution is 2.50. The van der Waals surface area contributed by atoms with E-state index < -0.39 is 29.2 Å². The maximum absolute atomic E-state index is 13.0. The monoisotopic (exact) mass is 476 g/mol. The fraction of sp³-hybridized carbons (Fsp3) is 0.188. The van der Waals surface area contributed by atoms with Gasteiger partial charge in [-0.15, -0.1) is 0 Å². The summed E-state index contributed by atoms with van der Waals surface area (Å²) in [5, 5.41) is 23.4. The quantitative estimate of drug-likeness (QED) is 0.309. The van der Waals surface area contributed by atoms with Crippen molar-refractivity contribution in [2.24, 2.45) is 11.8 Å². The number of carboxylic acids is 2. The van der Waals surface area contributed by atoms with Gasteiger partial charge in [-0.05, 0) is 64.4 Å². The number of benzene rings is 4. The highest BCUT2D eigenvalue weighted by atomic mass is 16.4. The zero-order valence-electron chi connectivity index (χ0n) is 19.9. The Morgan fingerprint density at radius 2 is 1.17 bits per heavy atom. The number of allylic oxidation sites excluding steroid dienone is 1. The first kappa shape index (κ1) is 23.6. The summed E-state index contributed by atoms with van der Waals surface area (Å²) >= 11 is 0. The first-order valence-corrected chi connectivity index (χ1v) is 12.2. The molecule has 0 aliphatic heterocycles. The molecule has 4 aromatic carbocycles. The lowest BCUT2D eigenvalue weighted by molar-refractivity contribution is -0.151. The molecule has 0 fully saturated rings. The minimum absolute atomic E-state index is 0.245. The van der Waals surface area contributed by atoms with E-state index in [0.29, 0.717) is 6.42 Å². The summed E-state index contributed by atoms with van der Waals surface area (Å²) in [6, 6.07) is 31.0.